The molecule has 0 unspecified atom stereocenters. The average Bonchev–Trinajstić information content (AvgIpc) is 2.88. The van der Waals surface area contributed by atoms with E-state index in [-0.39, 0.29) is 17.2 Å². The van der Waals surface area contributed by atoms with E-state index < -0.39 is 24.1 Å². The molecule has 0 saturated carbocycles. The van der Waals surface area contributed by atoms with Gasteiger partial charge in [-0.25, -0.2) is 4.68 Å². The SMILES string of the molecule is Oc1cc(C(F)(F)F)ccc1-n1cc2ccc(OC(F)F)nc2n1. The summed E-state index contributed by atoms with van der Waals surface area (Å²) >= 11 is 0. The maximum absolute atomic E-state index is 12.6. The molecule has 5 nitrogen and oxygen atoms in total. The fourth-order valence-electron chi connectivity index (χ4n) is 2.06. The van der Waals surface area contributed by atoms with Crippen LogP contribution in [0.2, 0.25) is 0 Å². The number of nitrogens with zero attached hydrogens (tertiary/aromatic N) is 3. The Balaban J connectivity index is 2.00. The zero-order chi connectivity index (χ0) is 17.5. The quantitative estimate of drug-likeness (QED) is 0.735. The van der Waals surface area contributed by atoms with Gasteiger partial charge in [-0.1, -0.05) is 0 Å². The van der Waals surface area contributed by atoms with Crippen molar-refractivity contribution in [3.05, 3.63) is 42.1 Å². The Hall–Kier alpha value is -2.91. The number of hydrogen-bond donors (Lipinski definition) is 1. The maximum atomic E-state index is 12.6. The lowest BCUT2D eigenvalue weighted by molar-refractivity contribution is -0.137. The minimum absolute atomic E-state index is 0.0164. The highest BCUT2D eigenvalue weighted by Crippen LogP contribution is 2.34. The first-order valence-electron chi connectivity index (χ1n) is 6.46. The van der Waals surface area contributed by atoms with Crippen LogP contribution in [-0.4, -0.2) is 26.5 Å². The summed E-state index contributed by atoms with van der Waals surface area (Å²) in [7, 11) is 0. The van der Waals surface area contributed by atoms with Crippen molar-refractivity contribution in [3.63, 3.8) is 0 Å². The zero-order valence-electron chi connectivity index (χ0n) is 11.6. The van der Waals surface area contributed by atoms with E-state index >= 15 is 0 Å². The molecule has 0 amide bonds. The number of benzene rings is 1. The minimum atomic E-state index is -4.59. The van der Waals surface area contributed by atoms with Gasteiger partial charge in [0.15, 0.2) is 5.65 Å². The molecule has 0 aliphatic heterocycles. The highest BCUT2D eigenvalue weighted by molar-refractivity contribution is 5.75. The van der Waals surface area contributed by atoms with Crippen molar-refractivity contribution in [1.29, 1.82) is 0 Å². The van der Waals surface area contributed by atoms with Gasteiger partial charge in [-0.2, -0.15) is 26.9 Å². The number of aromatic hydroxyl groups is 1. The predicted octanol–water partition coefficient (Wildman–Crippen LogP) is 3.75. The predicted molar refractivity (Wildman–Crippen MR) is 72.2 cm³/mol. The summed E-state index contributed by atoms with van der Waals surface area (Å²) < 4.78 is 67.4. The van der Waals surface area contributed by atoms with Crippen LogP contribution >= 0.6 is 0 Å². The molecule has 0 atom stereocenters. The second-order valence-corrected chi connectivity index (χ2v) is 4.72. The van der Waals surface area contributed by atoms with Crippen LogP contribution in [0.25, 0.3) is 16.7 Å². The maximum Gasteiger partial charge on any atom is 0.416 e. The van der Waals surface area contributed by atoms with Gasteiger partial charge in [-0.15, -0.1) is 5.10 Å². The van der Waals surface area contributed by atoms with E-state index in [1.807, 2.05) is 0 Å². The number of hydrogen-bond acceptors (Lipinski definition) is 4. The fraction of sp³-hybridized carbons (Fsp3) is 0.143. The Kier molecular flexibility index (Phi) is 3.74. The van der Waals surface area contributed by atoms with Gasteiger partial charge in [-0.3, -0.25) is 0 Å². The molecule has 2 heterocycles. The first-order valence-corrected chi connectivity index (χ1v) is 6.46. The number of pyridine rings is 1. The van der Waals surface area contributed by atoms with Crippen LogP contribution in [-0.2, 0) is 6.18 Å². The van der Waals surface area contributed by atoms with Crippen molar-refractivity contribution in [3.8, 4) is 17.3 Å². The average molecular weight is 345 g/mol. The van der Waals surface area contributed by atoms with Gasteiger partial charge in [0, 0.05) is 17.6 Å². The summed E-state index contributed by atoms with van der Waals surface area (Å²) in [6.45, 7) is -3.05. The number of ether oxygens (including phenoxy) is 1. The Bertz CT molecular complexity index is 892. The normalized spacial score (nSPS) is 12.1. The lowest BCUT2D eigenvalue weighted by atomic mass is 10.2. The topological polar surface area (TPSA) is 60.2 Å². The Morgan fingerprint density at radius 2 is 1.88 bits per heavy atom. The molecule has 1 N–H and O–H groups in total. The summed E-state index contributed by atoms with van der Waals surface area (Å²) in [5.41, 5.74) is -0.990. The van der Waals surface area contributed by atoms with Gasteiger partial charge >= 0.3 is 12.8 Å². The second-order valence-electron chi connectivity index (χ2n) is 4.72. The lowest BCUT2D eigenvalue weighted by Crippen LogP contribution is -2.05. The zero-order valence-corrected chi connectivity index (χ0v) is 11.6. The number of phenolic OH excluding ortho intramolecular Hbond substituents is 1. The van der Waals surface area contributed by atoms with E-state index in [4.69, 9.17) is 0 Å². The summed E-state index contributed by atoms with van der Waals surface area (Å²) in [4.78, 5) is 3.75. The van der Waals surface area contributed by atoms with Crippen LogP contribution in [0.5, 0.6) is 11.6 Å². The monoisotopic (exact) mass is 345 g/mol. The molecule has 1 aromatic carbocycles. The smallest absolute Gasteiger partial charge is 0.416 e. The summed E-state index contributed by atoms with van der Waals surface area (Å²) in [6, 6.07) is 5.01. The second kappa shape index (κ2) is 5.62. The molecule has 0 saturated heterocycles. The Morgan fingerprint density at radius 1 is 1.12 bits per heavy atom. The van der Waals surface area contributed by atoms with Crippen LogP contribution < -0.4 is 4.74 Å². The highest BCUT2D eigenvalue weighted by Gasteiger charge is 2.31. The third-order valence-electron chi connectivity index (χ3n) is 3.10. The van der Waals surface area contributed by atoms with Crippen LogP contribution in [0.4, 0.5) is 22.0 Å². The first kappa shape index (κ1) is 16.0. The van der Waals surface area contributed by atoms with Gasteiger partial charge in [0.2, 0.25) is 5.88 Å². The molecular formula is C14H8F5N3O2. The molecule has 0 spiro atoms. The summed E-state index contributed by atoms with van der Waals surface area (Å²) in [5.74, 6) is -0.985. The van der Waals surface area contributed by atoms with Crippen molar-refractivity contribution in [2.75, 3.05) is 0 Å². The van der Waals surface area contributed by atoms with Crippen LogP contribution in [0.1, 0.15) is 5.56 Å². The number of aromatic nitrogens is 3. The standard InChI is InChI=1S/C14H8F5N3O2/c15-13(16)24-11-4-1-7-6-22(21-12(7)20-11)9-3-2-8(5-10(9)23)14(17,18)19/h1-6,13,23H. The van der Waals surface area contributed by atoms with Crippen LogP contribution in [0.3, 0.4) is 0 Å². The molecule has 0 fully saturated rings. The van der Waals surface area contributed by atoms with Crippen molar-refractivity contribution < 1.29 is 31.8 Å². The third-order valence-corrected chi connectivity index (χ3v) is 3.10. The van der Waals surface area contributed by atoms with Gasteiger partial charge in [-0.05, 0) is 24.3 Å². The fourth-order valence-corrected chi connectivity index (χ4v) is 2.06. The van der Waals surface area contributed by atoms with E-state index in [9.17, 15) is 27.1 Å². The first-order chi connectivity index (χ1) is 11.2. The molecular weight excluding hydrogens is 337 g/mol. The molecule has 24 heavy (non-hydrogen) atoms. The van der Waals surface area contributed by atoms with Crippen molar-refractivity contribution in [1.82, 2.24) is 14.8 Å². The van der Waals surface area contributed by atoms with Gasteiger partial charge in [0.1, 0.15) is 11.4 Å². The van der Waals surface area contributed by atoms with E-state index in [0.717, 1.165) is 16.8 Å². The van der Waals surface area contributed by atoms with Crippen molar-refractivity contribution in [2.24, 2.45) is 0 Å². The molecule has 0 aliphatic carbocycles. The van der Waals surface area contributed by atoms with E-state index in [1.54, 1.807) is 0 Å². The van der Waals surface area contributed by atoms with Crippen LogP contribution in [0, 0.1) is 0 Å². The van der Waals surface area contributed by atoms with Crippen LogP contribution in [0.15, 0.2) is 36.5 Å². The number of fused-ring (bicyclic) bond motifs is 1. The van der Waals surface area contributed by atoms with Gasteiger partial charge in [0.05, 0.1) is 5.56 Å². The molecule has 0 radical (unpaired) electrons. The molecule has 10 heteroatoms. The lowest BCUT2D eigenvalue weighted by Gasteiger charge is -2.09. The molecule has 3 aromatic rings. The van der Waals surface area contributed by atoms with E-state index in [0.29, 0.717) is 11.5 Å². The molecule has 2 aromatic heterocycles. The van der Waals surface area contributed by atoms with E-state index in [1.165, 1.54) is 18.3 Å². The number of phenols is 1. The molecule has 0 aliphatic rings. The largest absolute Gasteiger partial charge is 0.506 e. The number of rotatable bonds is 3. The highest BCUT2D eigenvalue weighted by atomic mass is 19.4. The van der Waals surface area contributed by atoms with Crippen molar-refractivity contribution in [2.45, 2.75) is 12.8 Å². The van der Waals surface area contributed by atoms with Crippen molar-refractivity contribution >= 4 is 11.0 Å². The van der Waals surface area contributed by atoms with Gasteiger partial charge < -0.3 is 9.84 Å². The summed E-state index contributed by atoms with van der Waals surface area (Å²) in [5, 5.41) is 14.2. The van der Waals surface area contributed by atoms with E-state index in [2.05, 4.69) is 14.8 Å². The Morgan fingerprint density at radius 3 is 2.50 bits per heavy atom. The molecule has 0 bridgehead atoms. The third kappa shape index (κ3) is 3.07. The number of alkyl halides is 5. The van der Waals surface area contributed by atoms with Gasteiger partial charge in [0.25, 0.3) is 0 Å². The summed E-state index contributed by atoms with van der Waals surface area (Å²) in [6.07, 6.45) is -3.20. The Labute approximate surface area is 130 Å². The molecule has 126 valence electrons. The number of halogens is 5. The molecule has 3 rings (SSSR count). The minimum Gasteiger partial charge on any atom is -0.506 e.